The molecule has 3 nitrogen and oxygen atoms in total. The Bertz CT molecular complexity index is 1620. The number of aliphatic imine (C=N–C) groups is 1. The van der Waals surface area contributed by atoms with Crippen LogP contribution in [0.3, 0.4) is 0 Å². The van der Waals surface area contributed by atoms with Gasteiger partial charge in [0.15, 0.2) is 0 Å². The van der Waals surface area contributed by atoms with Crippen molar-refractivity contribution < 1.29 is 37.5 Å². The first kappa shape index (κ1) is 28.1. The van der Waals surface area contributed by atoms with E-state index in [-0.39, 0.29) is 43.5 Å². The Morgan fingerprint density at radius 1 is 0.789 bits per heavy atom. The zero-order valence-corrected chi connectivity index (χ0v) is 25.9. The molecule has 0 saturated heterocycles. The van der Waals surface area contributed by atoms with Gasteiger partial charge in [-0.2, -0.15) is 6.92 Å². The Morgan fingerprint density at radius 2 is 1.34 bits per heavy atom. The van der Waals surface area contributed by atoms with Crippen LogP contribution in [0.25, 0.3) is 21.5 Å². The first-order valence-corrected chi connectivity index (χ1v) is 12.8. The third kappa shape index (κ3) is 4.50. The van der Waals surface area contributed by atoms with Crippen LogP contribution < -0.4 is 4.90 Å². The standard InChI is InChI=1S/C32H30N2.C2H3O.Y/c1-31(2)27(33-25-19-17-21-11-6-8-13-23(21)29(25)31)15-10-16-28-32(3,4)30-24-14-9-7-12-22(24)18-20-26(30)34(28)5;1-2-3;/h6-20H,1-5H3;1H3;/q;-1;/b15-10+,28-16+;;. The van der Waals surface area contributed by atoms with Crippen LogP contribution in [0, 0.1) is 0 Å². The van der Waals surface area contributed by atoms with E-state index >= 15 is 0 Å². The van der Waals surface area contributed by atoms with E-state index in [2.05, 4.69) is 131 Å². The summed E-state index contributed by atoms with van der Waals surface area (Å²) in [6, 6.07) is 26.2. The first-order valence-electron chi connectivity index (χ1n) is 12.8. The monoisotopic (exact) mass is 574 g/mol. The number of fused-ring (bicyclic) bond motifs is 6. The number of likely N-dealkylation sites (N-methyl/N-ethyl adjacent to an activating group) is 1. The van der Waals surface area contributed by atoms with Crippen LogP contribution in [0.2, 0.25) is 0 Å². The second-order valence-electron chi connectivity index (χ2n) is 10.8. The summed E-state index contributed by atoms with van der Waals surface area (Å²) in [6.07, 6.45) is 8.16. The Morgan fingerprint density at radius 3 is 1.97 bits per heavy atom. The fourth-order valence-electron chi connectivity index (χ4n) is 6.08. The molecule has 6 rings (SSSR count). The van der Waals surface area contributed by atoms with E-state index in [0.717, 1.165) is 11.4 Å². The summed E-state index contributed by atoms with van der Waals surface area (Å²) in [4.78, 5) is 16.1. The number of rotatable bonds is 2. The summed E-state index contributed by atoms with van der Waals surface area (Å²) in [5.41, 5.74) is 7.31. The maximum atomic E-state index is 8.68. The molecule has 0 atom stereocenters. The zero-order valence-electron chi connectivity index (χ0n) is 23.0. The second kappa shape index (κ2) is 10.7. The van der Waals surface area contributed by atoms with Crippen molar-refractivity contribution in [3.8, 4) is 0 Å². The van der Waals surface area contributed by atoms with Crippen LogP contribution in [0.5, 0.6) is 0 Å². The molecular formula is C34H33N2OY-. The smallest absolute Gasteiger partial charge is 0.0681 e. The molecular weight excluding hydrogens is 541 g/mol. The van der Waals surface area contributed by atoms with Crippen LogP contribution in [0.15, 0.2) is 102 Å². The number of allylic oxidation sites excluding steroid dienone is 4. The number of nitrogens with zero attached hydrogens (tertiary/aromatic N) is 2. The summed E-state index contributed by atoms with van der Waals surface area (Å²) in [7, 11) is 2.18. The molecule has 2 aliphatic rings. The summed E-state index contributed by atoms with van der Waals surface area (Å²) in [5.74, 6) is 0. The molecule has 0 N–H and O–H groups in total. The molecule has 4 aromatic rings. The van der Waals surface area contributed by atoms with Crippen molar-refractivity contribution in [3.63, 3.8) is 0 Å². The largest absolute Gasteiger partial charge is 0.542 e. The van der Waals surface area contributed by atoms with Gasteiger partial charge in [-0.15, -0.1) is 0 Å². The Hall–Kier alpha value is -2.88. The fraction of sp³-hybridized carbons (Fsp3) is 0.235. The van der Waals surface area contributed by atoms with Crippen molar-refractivity contribution in [1.29, 1.82) is 0 Å². The van der Waals surface area contributed by atoms with Crippen molar-refractivity contribution >= 4 is 44.9 Å². The van der Waals surface area contributed by atoms with Gasteiger partial charge in [-0.3, -0.25) is 11.3 Å². The molecule has 0 bridgehead atoms. The maximum Gasteiger partial charge on any atom is 0.0681 e. The minimum Gasteiger partial charge on any atom is -0.542 e. The van der Waals surface area contributed by atoms with Gasteiger partial charge < -0.3 is 9.69 Å². The van der Waals surface area contributed by atoms with E-state index in [4.69, 9.17) is 9.79 Å². The number of hydrogen-bond acceptors (Lipinski definition) is 3. The summed E-state index contributed by atoms with van der Waals surface area (Å²) in [6.45, 7) is 10.6. The van der Waals surface area contributed by atoms with Gasteiger partial charge in [0.05, 0.1) is 11.4 Å². The molecule has 0 spiro atoms. The molecule has 2 heterocycles. The maximum absolute atomic E-state index is 8.68. The average Bonchev–Trinajstić information content (AvgIpc) is 3.26. The van der Waals surface area contributed by atoms with Gasteiger partial charge in [0.1, 0.15) is 0 Å². The van der Waals surface area contributed by atoms with E-state index in [0.29, 0.717) is 0 Å². The molecule has 0 amide bonds. The number of hydrogen-bond donors (Lipinski definition) is 0. The van der Waals surface area contributed by atoms with Crippen LogP contribution in [0.1, 0.15) is 45.7 Å². The summed E-state index contributed by atoms with van der Waals surface area (Å²) < 4.78 is 0. The first-order chi connectivity index (χ1) is 17.7. The molecule has 2 aliphatic heterocycles. The van der Waals surface area contributed by atoms with Gasteiger partial charge in [0, 0.05) is 62.0 Å². The quantitative estimate of drug-likeness (QED) is 0.226. The molecule has 0 saturated carbocycles. The number of carbonyl (C=O) groups excluding carboxylic acids is 1. The molecule has 0 unspecified atom stereocenters. The van der Waals surface area contributed by atoms with Crippen molar-refractivity contribution in [2.24, 2.45) is 4.99 Å². The van der Waals surface area contributed by atoms with E-state index in [1.807, 2.05) is 0 Å². The predicted octanol–water partition coefficient (Wildman–Crippen LogP) is 8.34. The van der Waals surface area contributed by atoms with Gasteiger partial charge >= 0.3 is 0 Å². The predicted molar refractivity (Wildman–Crippen MR) is 158 cm³/mol. The second-order valence-corrected chi connectivity index (χ2v) is 10.8. The number of anilines is 1. The van der Waals surface area contributed by atoms with Gasteiger partial charge in [0.25, 0.3) is 0 Å². The van der Waals surface area contributed by atoms with Crippen LogP contribution in [-0.2, 0) is 48.3 Å². The zero-order chi connectivity index (χ0) is 26.4. The fourth-order valence-corrected chi connectivity index (χ4v) is 6.08. The van der Waals surface area contributed by atoms with Crippen molar-refractivity contribution in [2.45, 2.75) is 45.4 Å². The van der Waals surface area contributed by atoms with Gasteiger partial charge in [-0.05, 0) is 57.0 Å². The molecule has 38 heavy (non-hydrogen) atoms. The molecule has 4 heteroatoms. The Balaban J connectivity index is 0.000000804. The van der Waals surface area contributed by atoms with Crippen molar-refractivity contribution in [2.75, 3.05) is 11.9 Å². The molecule has 4 aromatic carbocycles. The summed E-state index contributed by atoms with van der Waals surface area (Å²) in [5, 5.41) is 5.21. The van der Waals surface area contributed by atoms with E-state index in [1.54, 1.807) is 0 Å². The Kier molecular flexibility index (Phi) is 7.93. The molecule has 1 radical (unpaired) electrons. The minimum atomic E-state index is -0.137. The van der Waals surface area contributed by atoms with Crippen LogP contribution in [-0.4, -0.2) is 19.0 Å². The summed E-state index contributed by atoms with van der Waals surface area (Å²) >= 11 is 0. The third-order valence-corrected chi connectivity index (χ3v) is 7.82. The molecule has 0 aromatic heterocycles. The average molecular weight is 575 g/mol. The van der Waals surface area contributed by atoms with Gasteiger partial charge in [-0.1, -0.05) is 94.4 Å². The van der Waals surface area contributed by atoms with Crippen LogP contribution in [0.4, 0.5) is 11.4 Å². The molecule has 0 aliphatic carbocycles. The van der Waals surface area contributed by atoms with E-state index in [1.165, 1.54) is 57.3 Å². The third-order valence-electron chi connectivity index (χ3n) is 7.82. The Labute approximate surface area is 251 Å². The topological polar surface area (TPSA) is 32.7 Å². The molecule has 0 fully saturated rings. The van der Waals surface area contributed by atoms with Crippen molar-refractivity contribution in [1.82, 2.24) is 0 Å². The SMILES string of the molecule is CN1/C(=C/C=C/C2=Nc3ccc4ccccc4c3C2(C)C)C(C)(C)c2c1ccc1ccccc21.C[C-]=O.[Y]. The molecule has 189 valence electrons. The van der Waals surface area contributed by atoms with E-state index < -0.39 is 0 Å². The van der Waals surface area contributed by atoms with Crippen LogP contribution >= 0.6 is 0 Å². The van der Waals surface area contributed by atoms with Gasteiger partial charge in [-0.25, -0.2) is 0 Å². The van der Waals surface area contributed by atoms with Gasteiger partial charge in [0.2, 0.25) is 0 Å². The number of benzene rings is 4. The minimum absolute atomic E-state index is 0. The van der Waals surface area contributed by atoms with E-state index in [9.17, 15) is 0 Å². The normalized spacial score (nSPS) is 17.6. The van der Waals surface area contributed by atoms with Crippen molar-refractivity contribution in [3.05, 3.63) is 108 Å².